The third kappa shape index (κ3) is 2.02. The fourth-order valence-corrected chi connectivity index (χ4v) is 1.19. The van der Waals surface area contributed by atoms with Crippen molar-refractivity contribution in [1.29, 1.82) is 0 Å². The number of phenolic OH excluding ortho intramolecular Hbond substituents is 1. The Hall–Kier alpha value is -1.92. The molecule has 0 aliphatic heterocycles. The number of aliphatic hydroxyl groups excluding tert-OH is 1. The van der Waals surface area contributed by atoms with Crippen LogP contribution in [0, 0.1) is 0 Å². The van der Waals surface area contributed by atoms with E-state index in [0.717, 1.165) is 0 Å². The van der Waals surface area contributed by atoms with Crippen LogP contribution >= 0.6 is 0 Å². The number of benzene rings is 1. The van der Waals surface area contributed by atoms with Crippen LogP contribution in [0.1, 0.15) is 11.9 Å². The van der Waals surface area contributed by atoms with E-state index in [9.17, 15) is 0 Å². The quantitative estimate of drug-likeness (QED) is 0.694. The summed E-state index contributed by atoms with van der Waals surface area (Å²) in [6, 6.07) is 5.70. The molecule has 16 heavy (non-hydrogen) atoms. The summed E-state index contributed by atoms with van der Waals surface area (Å²) in [7, 11) is 0. The summed E-state index contributed by atoms with van der Waals surface area (Å²) in [6.45, 7) is -0.253. The first-order valence-electron chi connectivity index (χ1n) is 4.70. The molecule has 2 rings (SSSR count). The van der Waals surface area contributed by atoms with Crippen LogP contribution in [0.3, 0.4) is 0 Å². The van der Waals surface area contributed by atoms with Gasteiger partial charge in [0, 0.05) is 5.56 Å². The summed E-state index contributed by atoms with van der Waals surface area (Å²) in [5.74, 6) is 0.726. The van der Waals surface area contributed by atoms with Gasteiger partial charge in [-0.25, -0.2) is 0 Å². The maximum Gasteiger partial charge on any atom is 0.246 e. The minimum Gasteiger partial charge on any atom is -0.508 e. The average molecular weight is 221 g/mol. The van der Waals surface area contributed by atoms with Gasteiger partial charge < -0.3 is 20.5 Å². The number of aliphatic hydroxyl groups is 1. The van der Waals surface area contributed by atoms with Gasteiger partial charge in [-0.15, -0.1) is 0 Å². The molecule has 0 aliphatic rings. The monoisotopic (exact) mass is 221 g/mol. The Morgan fingerprint density at radius 1 is 1.31 bits per heavy atom. The molecule has 6 heteroatoms. The summed E-state index contributed by atoms with van der Waals surface area (Å²) < 4.78 is 4.89. The van der Waals surface area contributed by atoms with E-state index in [2.05, 4.69) is 10.1 Å². The van der Waals surface area contributed by atoms with Crippen molar-refractivity contribution in [2.75, 3.05) is 6.61 Å². The van der Waals surface area contributed by atoms with Crippen molar-refractivity contribution >= 4 is 0 Å². The second kappa shape index (κ2) is 4.30. The maximum absolute atomic E-state index is 9.12. The van der Waals surface area contributed by atoms with Crippen molar-refractivity contribution in [3.8, 4) is 17.1 Å². The first-order chi connectivity index (χ1) is 7.70. The SMILES string of the molecule is N[C@@H](CO)c1nc(-c2ccc(O)cc2)no1. The fourth-order valence-electron chi connectivity index (χ4n) is 1.19. The molecule has 0 bridgehead atoms. The number of hydrogen-bond donors (Lipinski definition) is 3. The van der Waals surface area contributed by atoms with Gasteiger partial charge in [-0.2, -0.15) is 4.98 Å². The van der Waals surface area contributed by atoms with Crippen molar-refractivity contribution in [2.45, 2.75) is 6.04 Å². The van der Waals surface area contributed by atoms with Gasteiger partial charge in [0.25, 0.3) is 0 Å². The van der Waals surface area contributed by atoms with Crippen molar-refractivity contribution in [3.63, 3.8) is 0 Å². The fraction of sp³-hybridized carbons (Fsp3) is 0.200. The lowest BCUT2D eigenvalue weighted by molar-refractivity contribution is 0.237. The molecular formula is C10H11N3O3. The molecule has 0 aliphatic carbocycles. The lowest BCUT2D eigenvalue weighted by atomic mass is 10.2. The molecule has 1 atom stereocenters. The Labute approximate surface area is 91.3 Å². The second-order valence-electron chi connectivity index (χ2n) is 3.29. The van der Waals surface area contributed by atoms with Crippen LogP contribution < -0.4 is 5.73 Å². The molecule has 0 saturated carbocycles. The third-order valence-corrected chi connectivity index (χ3v) is 2.08. The van der Waals surface area contributed by atoms with Crippen LogP contribution in [0.25, 0.3) is 11.4 Å². The largest absolute Gasteiger partial charge is 0.508 e. The molecule has 0 radical (unpaired) electrons. The Bertz CT molecular complexity index is 466. The highest BCUT2D eigenvalue weighted by molar-refractivity contribution is 5.55. The van der Waals surface area contributed by atoms with E-state index in [4.69, 9.17) is 20.5 Å². The molecule has 0 fully saturated rings. The number of aromatic nitrogens is 2. The Balaban J connectivity index is 2.28. The minimum absolute atomic E-state index is 0.166. The standard InChI is InChI=1S/C10H11N3O3/c11-8(5-14)10-12-9(13-16-10)6-1-3-7(15)4-2-6/h1-4,8,14-15H,5,11H2/t8-/m0/s1. The number of hydrogen-bond acceptors (Lipinski definition) is 6. The van der Waals surface area contributed by atoms with Crippen molar-refractivity contribution in [2.24, 2.45) is 5.73 Å². The third-order valence-electron chi connectivity index (χ3n) is 2.08. The Morgan fingerprint density at radius 3 is 2.62 bits per heavy atom. The number of nitrogens with two attached hydrogens (primary N) is 1. The summed E-state index contributed by atoms with van der Waals surface area (Å²) in [5, 5.41) is 21.7. The highest BCUT2D eigenvalue weighted by Gasteiger charge is 2.14. The van der Waals surface area contributed by atoms with Crippen LogP contribution in [-0.2, 0) is 0 Å². The van der Waals surface area contributed by atoms with E-state index < -0.39 is 6.04 Å². The summed E-state index contributed by atoms with van der Waals surface area (Å²) >= 11 is 0. The molecule has 1 heterocycles. The molecular weight excluding hydrogens is 210 g/mol. The summed E-state index contributed by atoms with van der Waals surface area (Å²) in [5.41, 5.74) is 6.23. The van der Waals surface area contributed by atoms with Crippen molar-refractivity contribution in [3.05, 3.63) is 30.2 Å². The average Bonchev–Trinajstić information content (AvgIpc) is 2.78. The predicted molar refractivity (Wildman–Crippen MR) is 55.4 cm³/mol. The van der Waals surface area contributed by atoms with Gasteiger partial charge in [-0.3, -0.25) is 0 Å². The normalized spacial score (nSPS) is 12.6. The molecule has 1 aromatic carbocycles. The molecule has 4 N–H and O–H groups in total. The lowest BCUT2D eigenvalue weighted by Crippen LogP contribution is -2.14. The van der Waals surface area contributed by atoms with Crippen molar-refractivity contribution in [1.82, 2.24) is 10.1 Å². The van der Waals surface area contributed by atoms with E-state index in [1.807, 2.05) is 0 Å². The topological polar surface area (TPSA) is 105 Å². The first-order valence-corrected chi connectivity index (χ1v) is 4.70. The number of rotatable bonds is 3. The minimum atomic E-state index is -0.668. The molecule has 1 aromatic heterocycles. The summed E-state index contributed by atoms with van der Waals surface area (Å²) in [6.07, 6.45) is 0. The van der Waals surface area contributed by atoms with Gasteiger partial charge in [0.2, 0.25) is 11.7 Å². The molecule has 6 nitrogen and oxygen atoms in total. The van der Waals surface area contributed by atoms with Crippen molar-refractivity contribution < 1.29 is 14.7 Å². The number of phenols is 1. The molecule has 2 aromatic rings. The zero-order valence-electron chi connectivity index (χ0n) is 8.37. The Morgan fingerprint density at radius 2 is 2.00 bits per heavy atom. The van der Waals surface area contributed by atoms with Crippen LogP contribution in [-0.4, -0.2) is 27.0 Å². The zero-order chi connectivity index (χ0) is 11.5. The van der Waals surface area contributed by atoms with E-state index >= 15 is 0 Å². The van der Waals surface area contributed by atoms with E-state index in [-0.39, 0.29) is 18.2 Å². The van der Waals surface area contributed by atoms with Gasteiger partial charge in [0.05, 0.1) is 6.61 Å². The predicted octanol–water partition coefficient (Wildman–Crippen LogP) is 0.434. The lowest BCUT2D eigenvalue weighted by Gasteiger charge is -1.98. The number of aromatic hydroxyl groups is 1. The highest BCUT2D eigenvalue weighted by Crippen LogP contribution is 2.20. The molecule has 0 unspecified atom stereocenters. The van der Waals surface area contributed by atoms with E-state index in [1.165, 1.54) is 12.1 Å². The van der Waals surface area contributed by atoms with E-state index in [0.29, 0.717) is 11.4 Å². The van der Waals surface area contributed by atoms with Gasteiger partial charge in [0.15, 0.2) is 0 Å². The van der Waals surface area contributed by atoms with Gasteiger partial charge in [-0.1, -0.05) is 5.16 Å². The van der Waals surface area contributed by atoms with Gasteiger partial charge in [0.1, 0.15) is 11.8 Å². The maximum atomic E-state index is 9.12. The van der Waals surface area contributed by atoms with Gasteiger partial charge >= 0.3 is 0 Å². The van der Waals surface area contributed by atoms with E-state index in [1.54, 1.807) is 12.1 Å². The molecule has 0 amide bonds. The zero-order valence-corrected chi connectivity index (χ0v) is 8.37. The Kier molecular flexibility index (Phi) is 2.84. The molecule has 0 saturated heterocycles. The second-order valence-corrected chi connectivity index (χ2v) is 3.29. The van der Waals surface area contributed by atoms with Crippen LogP contribution in [0.2, 0.25) is 0 Å². The van der Waals surface area contributed by atoms with Crippen LogP contribution in [0.15, 0.2) is 28.8 Å². The number of nitrogens with zero attached hydrogens (tertiary/aromatic N) is 2. The van der Waals surface area contributed by atoms with Gasteiger partial charge in [-0.05, 0) is 24.3 Å². The molecule has 0 spiro atoms. The first kappa shape index (κ1) is 10.6. The smallest absolute Gasteiger partial charge is 0.246 e. The molecule has 84 valence electrons. The van der Waals surface area contributed by atoms with Crippen LogP contribution in [0.5, 0.6) is 5.75 Å². The highest BCUT2D eigenvalue weighted by atomic mass is 16.5. The summed E-state index contributed by atoms with van der Waals surface area (Å²) in [4.78, 5) is 4.04. The van der Waals surface area contributed by atoms with Crippen LogP contribution in [0.4, 0.5) is 0 Å².